The molecule has 4 N–H and O–H groups in total. The second-order valence-electron chi connectivity index (χ2n) is 3.62. The summed E-state index contributed by atoms with van der Waals surface area (Å²) in [6.07, 6.45) is 3.15. The van der Waals surface area contributed by atoms with Crippen LogP contribution in [-0.4, -0.2) is 10.8 Å². The van der Waals surface area contributed by atoms with Crippen molar-refractivity contribution in [1.29, 1.82) is 0 Å². The number of nitrogen functional groups attached to an aromatic ring is 1. The Bertz CT molecular complexity index is 495. The first-order valence-corrected chi connectivity index (χ1v) is 4.91. The Kier molecular flexibility index (Phi) is 3.82. The molecule has 0 heterocycles. The van der Waals surface area contributed by atoms with Crippen molar-refractivity contribution in [3.8, 4) is 0 Å². The predicted molar refractivity (Wildman–Crippen MR) is 65.1 cm³/mol. The van der Waals surface area contributed by atoms with Gasteiger partial charge in [-0.05, 0) is 18.6 Å². The Balaban J connectivity index is 3.11. The van der Waals surface area contributed by atoms with Crippen molar-refractivity contribution in [2.24, 2.45) is 5.73 Å². The second kappa shape index (κ2) is 5.11. The van der Waals surface area contributed by atoms with Gasteiger partial charge < -0.3 is 11.5 Å². The van der Waals surface area contributed by atoms with Gasteiger partial charge in [0.1, 0.15) is 5.69 Å². The summed E-state index contributed by atoms with van der Waals surface area (Å²) < 4.78 is 0. The van der Waals surface area contributed by atoms with Crippen LogP contribution in [0.25, 0.3) is 6.08 Å². The number of nitro benzene ring substituents is 1. The summed E-state index contributed by atoms with van der Waals surface area (Å²) in [7, 11) is 0. The molecule has 0 spiro atoms. The molecule has 0 aromatic heterocycles. The molecular weight excluding hydrogens is 222 g/mol. The number of hydrogen-bond donors (Lipinski definition) is 2. The van der Waals surface area contributed by atoms with Crippen LogP contribution in [0, 0.1) is 17.0 Å². The van der Waals surface area contributed by atoms with Crippen LogP contribution in [-0.2, 0) is 4.79 Å². The quantitative estimate of drug-likeness (QED) is 0.466. The van der Waals surface area contributed by atoms with Crippen LogP contribution in [0.2, 0.25) is 0 Å². The molecule has 17 heavy (non-hydrogen) atoms. The minimum atomic E-state index is -0.534. The molecule has 0 bridgehead atoms. The molecule has 0 atom stereocenters. The fourth-order valence-electron chi connectivity index (χ4n) is 1.40. The van der Waals surface area contributed by atoms with Gasteiger partial charge in [-0.15, -0.1) is 0 Å². The van der Waals surface area contributed by atoms with Gasteiger partial charge in [0.05, 0.1) is 4.92 Å². The number of nitro groups is 1. The van der Waals surface area contributed by atoms with Crippen molar-refractivity contribution in [1.82, 2.24) is 0 Å². The van der Waals surface area contributed by atoms with E-state index in [0.29, 0.717) is 5.56 Å². The van der Waals surface area contributed by atoms with Gasteiger partial charge in [0, 0.05) is 18.1 Å². The summed E-state index contributed by atoms with van der Waals surface area (Å²) in [4.78, 5) is 20.7. The Morgan fingerprint density at radius 1 is 1.53 bits per heavy atom. The summed E-state index contributed by atoms with van der Waals surface area (Å²) in [5, 5.41) is 10.7. The Morgan fingerprint density at radius 2 is 2.18 bits per heavy atom. The van der Waals surface area contributed by atoms with Crippen LogP contribution in [0.3, 0.4) is 0 Å². The zero-order chi connectivity index (χ0) is 13.0. The normalized spacial score (nSPS) is 10.6. The van der Waals surface area contributed by atoms with Gasteiger partial charge in [0.15, 0.2) is 0 Å². The first-order chi connectivity index (χ1) is 7.91. The first-order valence-electron chi connectivity index (χ1n) is 4.91. The molecule has 0 fully saturated rings. The summed E-state index contributed by atoms with van der Waals surface area (Å²) >= 11 is 0. The Labute approximate surface area is 98.1 Å². The van der Waals surface area contributed by atoms with Crippen LogP contribution >= 0.6 is 0 Å². The molecule has 0 unspecified atom stereocenters. The van der Waals surface area contributed by atoms with E-state index >= 15 is 0 Å². The maximum absolute atomic E-state index is 10.7. The van der Waals surface area contributed by atoms with E-state index in [2.05, 4.69) is 0 Å². The van der Waals surface area contributed by atoms with Gasteiger partial charge in [0.2, 0.25) is 5.91 Å². The average molecular weight is 235 g/mol. The lowest BCUT2D eigenvalue weighted by Gasteiger charge is -2.03. The number of benzene rings is 1. The lowest BCUT2D eigenvalue weighted by atomic mass is 10.1. The van der Waals surface area contributed by atoms with Gasteiger partial charge >= 0.3 is 0 Å². The smallest absolute Gasteiger partial charge is 0.292 e. The summed E-state index contributed by atoms with van der Waals surface area (Å²) in [5.74, 6) is -0.470. The molecule has 0 radical (unpaired) electrons. The first kappa shape index (κ1) is 12.7. The molecule has 6 nitrogen and oxygen atoms in total. The minimum Gasteiger partial charge on any atom is -0.393 e. The molecular formula is C11H13N3O3. The number of anilines is 1. The molecule has 90 valence electrons. The van der Waals surface area contributed by atoms with Crippen LogP contribution in [0.15, 0.2) is 18.2 Å². The standard InChI is InChI=1S/C11H13N3O3/c1-7-5-8(3-2-4-10(12)15)11(13)9(6-7)14(16)17/h2-3,5-6H,4,13H2,1H3,(H2,12,15). The highest BCUT2D eigenvalue weighted by molar-refractivity contribution is 5.79. The monoisotopic (exact) mass is 235 g/mol. The topological polar surface area (TPSA) is 112 Å². The zero-order valence-corrected chi connectivity index (χ0v) is 9.34. The summed E-state index contributed by atoms with van der Waals surface area (Å²) in [6.45, 7) is 1.73. The molecule has 0 aliphatic rings. The molecule has 1 aromatic rings. The molecule has 0 saturated carbocycles. The Hall–Kier alpha value is -2.37. The Morgan fingerprint density at radius 3 is 2.71 bits per heavy atom. The van der Waals surface area contributed by atoms with Gasteiger partial charge in [-0.3, -0.25) is 14.9 Å². The van der Waals surface area contributed by atoms with Gasteiger partial charge in [0.25, 0.3) is 5.69 Å². The maximum atomic E-state index is 10.7. The lowest BCUT2D eigenvalue weighted by Crippen LogP contribution is -2.08. The van der Waals surface area contributed by atoms with E-state index in [1.807, 2.05) is 0 Å². The number of rotatable bonds is 4. The van der Waals surface area contributed by atoms with E-state index in [-0.39, 0.29) is 17.8 Å². The molecule has 0 aliphatic carbocycles. The number of carbonyl (C=O) groups excluding carboxylic acids is 1. The largest absolute Gasteiger partial charge is 0.393 e. The maximum Gasteiger partial charge on any atom is 0.292 e. The van der Waals surface area contributed by atoms with Gasteiger partial charge in [-0.25, -0.2) is 0 Å². The molecule has 1 aromatic carbocycles. The van der Waals surface area contributed by atoms with Crippen LogP contribution in [0.1, 0.15) is 17.5 Å². The number of aryl methyl sites for hydroxylation is 1. The van der Waals surface area contributed by atoms with Crippen LogP contribution in [0.5, 0.6) is 0 Å². The number of nitrogens with zero attached hydrogens (tertiary/aromatic N) is 1. The van der Waals surface area contributed by atoms with Crippen molar-refractivity contribution >= 4 is 23.4 Å². The highest BCUT2D eigenvalue weighted by atomic mass is 16.6. The average Bonchev–Trinajstić information content (AvgIpc) is 2.21. The molecule has 1 amide bonds. The third kappa shape index (κ3) is 3.30. The van der Waals surface area contributed by atoms with E-state index < -0.39 is 10.8 Å². The molecule has 1 rings (SSSR count). The highest BCUT2D eigenvalue weighted by Gasteiger charge is 2.14. The highest BCUT2D eigenvalue weighted by Crippen LogP contribution is 2.27. The van der Waals surface area contributed by atoms with Gasteiger partial charge in [-0.2, -0.15) is 0 Å². The fourth-order valence-corrected chi connectivity index (χ4v) is 1.40. The van der Waals surface area contributed by atoms with E-state index in [9.17, 15) is 14.9 Å². The molecule has 0 saturated heterocycles. The van der Waals surface area contributed by atoms with E-state index in [1.165, 1.54) is 12.1 Å². The van der Waals surface area contributed by atoms with E-state index in [4.69, 9.17) is 11.5 Å². The zero-order valence-electron chi connectivity index (χ0n) is 9.34. The van der Waals surface area contributed by atoms with Gasteiger partial charge in [-0.1, -0.05) is 12.2 Å². The lowest BCUT2D eigenvalue weighted by molar-refractivity contribution is -0.383. The molecule has 6 heteroatoms. The van der Waals surface area contributed by atoms with E-state index in [1.54, 1.807) is 19.1 Å². The van der Waals surface area contributed by atoms with E-state index in [0.717, 1.165) is 5.56 Å². The minimum absolute atomic E-state index is 0.0706. The van der Waals surface area contributed by atoms with Crippen molar-refractivity contribution in [2.45, 2.75) is 13.3 Å². The predicted octanol–water partition coefficient (Wildman–Crippen LogP) is 1.37. The second-order valence-corrected chi connectivity index (χ2v) is 3.62. The number of nitrogens with two attached hydrogens (primary N) is 2. The third-order valence-electron chi connectivity index (χ3n) is 2.15. The number of hydrogen-bond acceptors (Lipinski definition) is 4. The van der Waals surface area contributed by atoms with Crippen molar-refractivity contribution < 1.29 is 9.72 Å². The summed E-state index contributed by atoms with van der Waals surface area (Å²) in [6, 6.07) is 3.11. The van der Waals surface area contributed by atoms with Crippen LogP contribution in [0.4, 0.5) is 11.4 Å². The summed E-state index contributed by atoms with van der Waals surface area (Å²) in [5.41, 5.74) is 11.8. The number of carbonyl (C=O) groups is 1. The van der Waals surface area contributed by atoms with Crippen molar-refractivity contribution in [3.63, 3.8) is 0 Å². The number of primary amides is 1. The van der Waals surface area contributed by atoms with Crippen molar-refractivity contribution in [2.75, 3.05) is 5.73 Å². The molecule has 0 aliphatic heterocycles. The SMILES string of the molecule is Cc1cc(C=CCC(N)=O)c(N)c([N+](=O)[O-])c1. The van der Waals surface area contributed by atoms with Crippen molar-refractivity contribution in [3.05, 3.63) is 39.4 Å². The third-order valence-corrected chi connectivity index (χ3v) is 2.15. The fraction of sp³-hybridized carbons (Fsp3) is 0.182. The number of amides is 1. The van der Waals surface area contributed by atoms with Crippen LogP contribution < -0.4 is 11.5 Å².